The van der Waals surface area contributed by atoms with Gasteiger partial charge < -0.3 is 5.32 Å². The second kappa shape index (κ2) is 5.88. The van der Waals surface area contributed by atoms with Crippen LogP contribution in [0.1, 0.15) is 45.1 Å². The van der Waals surface area contributed by atoms with Crippen LogP contribution in [0.5, 0.6) is 0 Å². The summed E-state index contributed by atoms with van der Waals surface area (Å²) in [5.41, 5.74) is 1.98. The van der Waals surface area contributed by atoms with Crippen molar-refractivity contribution in [1.82, 2.24) is 5.32 Å². The molecule has 1 fully saturated rings. The first-order chi connectivity index (χ1) is 8.63. The molecule has 1 nitrogen and oxygen atoms in total. The van der Waals surface area contributed by atoms with Crippen LogP contribution in [0.2, 0.25) is 0 Å². The standard InChI is InChI=1S/C17H27N/c1-17(2)13-7-10-15(17)16(18-3)12-11-14-8-5-4-6-9-14/h4-6,8-9,15-16,18H,7,10-13H2,1-3H3. The Bertz CT molecular complexity index is 355. The number of nitrogens with one attached hydrogen (secondary N) is 1. The van der Waals surface area contributed by atoms with E-state index in [1.165, 1.54) is 37.7 Å². The summed E-state index contributed by atoms with van der Waals surface area (Å²) in [5, 5.41) is 3.57. The Labute approximate surface area is 112 Å². The van der Waals surface area contributed by atoms with Crippen molar-refractivity contribution < 1.29 is 0 Å². The predicted octanol–water partition coefficient (Wildman–Crippen LogP) is 4.03. The van der Waals surface area contributed by atoms with Crippen molar-refractivity contribution in [3.05, 3.63) is 35.9 Å². The second-order valence-electron chi connectivity index (χ2n) is 6.41. The van der Waals surface area contributed by atoms with Crippen LogP contribution in [0.4, 0.5) is 0 Å². The summed E-state index contributed by atoms with van der Waals surface area (Å²) in [6.45, 7) is 4.88. The minimum atomic E-state index is 0.518. The van der Waals surface area contributed by atoms with Gasteiger partial charge in [0.05, 0.1) is 0 Å². The summed E-state index contributed by atoms with van der Waals surface area (Å²) in [6, 6.07) is 11.5. The first-order valence-corrected chi connectivity index (χ1v) is 7.34. The van der Waals surface area contributed by atoms with Gasteiger partial charge in [-0.15, -0.1) is 0 Å². The average Bonchev–Trinajstić information content (AvgIpc) is 2.72. The Hall–Kier alpha value is -0.820. The normalized spacial score (nSPS) is 24.1. The zero-order chi connectivity index (χ0) is 13.0. The van der Waals surface area contributed by atoms with Crippen molar-refractivity contribution >= 4 is 0 Å². The topological polar surface area (TPSA) is 12.0 Å². The van der Waals surface area contributed by atoms with E-state index in [-0.39, 0.29) is 0 Å². The Morgan fingerprint density at radius 3 is 2.56 bits per heavy atom. The molecule has 1 aromatic carbocycles. The Kier molecular flexibility index (Phi) is 4.45. The quantitative estimate of drug-likeness (QED) is 0.825. The van der Waals surface area contributed by atoms with Crippen LogP contribution in [0.15, 0.2) is 30.3 Å². The van der Waals surface area contributed by atoms with Gasteiger partial charge in [0.1, 0.15) is 0 Å². The minimum Gasteiger partial charge on any atom is -0.317 e. The van der Waals surface area contributed by atoms with Gasteiger partial charge in [-0.25, -0.2) is 0 Å². The highest BCUT2D eigenvalue weighted by molar-refractivity contribution is 5.15. The fourth-order valence-electron chi connectivity index (χ4n) is 3.61. The largest absolute Gasteiger partial charge is 0.317 e. The molecule has 18 heavy (non-hydrogen) atoms. The zero-order valence-electron chi connectivity index (χ0n) is 12.1. The lowest BCUT2D eigenvalue weighted by atomic mass is 9.76. The van der Waals surface area contributed by atoms with Gasteiger partial charge >= 0.3 is 0 Å². The molecule has 0 saturated heterocycles. The first-order valence-electron chi connectivity index (χ1n) is 7.34. The van der Waals surface area contributed by atoms with Crippen molar-refractivity contribution in [2.75, 3.05) is 7.05 Å². The maximum Gasteiger partial charge on any atom is 0.0101 e. The van der Waals surface area contributed by atoms with Gasteiger partial charge in [0, 0.05) is 6.04 Å². The van der Waals surface area contributed by atoms with Crippen LogP contribution >= 0.6 is 0 Å². The third-order valence-corrected chi connectivity index (χ3v) is 4.78. The summed E-state index contributed by atoms with van der Waals surface area (Å²) >= 11 is 0. The number of hydrogen-bond acceptors (Lipinski definition) is 1. The van der Waals surface area contributed by atoms with E-state index in [2.05, 4.69) is 56.5 Å². The van der Waals surface area contributed by atoms with E-state index in [4.69, 9.17) is 0 Å². The highest BCUT2D eigenvalue weighted by Gasteiger charge is 2.38. The van der Waals surface area contributed by atoms with E-state index in [0.29, 0.717) is 11.5 Å². The Morgan fingerprint density at radius 1 is 1.28 bits per heavy atom. The summed E-state index contributed by atoms with van der Waals surface area (Å²) in [5.74, 6) is 0.839. The van der Waals surface area contributed by atoms with Crippen LogP contribution < -0.4 is 5.32 Å². The van der Waals surface area contributed by atoms with Crippen LogP contribution in [-0.4, -0.2) is 13.1 Å². The molecule has 0 aliphatic heterocycles. The maximum absolute atomic E-state index is 3.57. The molecule has 1 saturated carbocycles. The predicted molar refractivity (Wildman–Crippen MR) is 78.7 cm³/mol. The second-order valence-corrected chi connectivity index (χ2v) is 6.41. The monoisotopic (exact) mass is 245 g/mol. The van der Waals surface area contributed by atoms with Gasteiger partial charge in [-0.1, -0.05) is 50.6 Å². The van der Waals surface area contributed by atoms with E-state index in [0.717, 1.165) is 5.92 Å². The first kappa shape index (κ1) is 13.6. The molecule has 0 aromatic heterocycles. The molecule has 100 valence electrons. The number of benzene rings is 1. The minimum absolute atomic E-state index is 0.518. The van der Waals surface area contributed by atoms with E-state index in [1.807, 2.05) is 0 Å². The summed E-state index contributed by atoms with van der Waals surface area (Å²) in [4.78, 5) is 0. The molecular weight excluding hydrogens is 218 g/mol. The van der Waals surface area contributed by atoms with E-state index < -0.39 is 0 Å². The van der Waals surface area contributed by atoms with Crippen LogP contribution in [0, 0.1) is 11.3 Å². The highest BCUT2D eigenvalue weighted by Crippen LogP contribution is 2.45. The lowest BCUT2D eigenvalue weighted by Gasteiger charge is -2.34. The highest BCUT2D eigenvalue weighted by atomic mass is 14.9. The Balaban J connectivity index is 1.94. The number of rotatable bonds is 5. The summed E-state index contributed by atoms with van der Waals surface area (Å²) in [7, 11) is 2.13. The molecule has 1 aliphatic carbocycles. The van der Waals surface area contributed by atoms with Gasteiger partial charge in [-0.2, -0.15) is 0 Å². The van der Waals surface area contributed by atoms with Gasteiger partial charge in [0.25, 0.3) is 0 Å². The van der Waals surface area contributed by atoms with Gasteiger partial charge in [0.15, 0.2) is 0 Å². The molecule has 1 aromatic rings. The zero-order valence-corrected chi connectivity index (χ0v) is 12.1. The SMILES string of the molecule is CNC(CCc1ccccc1)C1CCCC1(C)C. The molecule has 1 aliphatic rings. The van der Waals surface area contributed by atoms with E-state index in [9.17, 15) is 0 Å². The third-order valence-electron chi connectivity index (χ3n) is 4.78. The van der Waals surface area contributed by atoms with Crippen molar-refractivity contribution in [2.45, 2.75) is 52.0 Å². The molecular formula is C17H27N. The van der Waals surface area contributed by atoms with Crippen molar-refractivity contribution in [3.63, 3.8) is 0 Å². The molecule has 0 bridgehead atoms. The van der Waals surface area contributed by atoms with Gasteiger partial charge in [-0.3, -0.25) is 0 Å². The molecule has 0 heterocycles. The number of hydrogen-bond donors (Lipinski definition) is 1. The number of aryl methyl sites for hydroxylation is 1. The molecule has 1 N–H and O–H groups in total. The third kappa shape index (κ3) is 3.14. The molecule has 2 rings (SSSR count). The van der Waals surface area contributed by atoms with Crippen molar-refractivity contribution in [2.24, 2.45) is 11.3 Å². The summed E-state index contributed by atoms with van der Waals surface area (Å²) < 4.78 is 0. The lowest BCUT2D eigenvalue weighted by molar-refractivity contribution is 0.196. The molecule has 0 spiro atoms. The molecule has 0 radical (unpaired) electrons. The maximum atomic E-state index is 3.57. The fraction of sp³-hybridized carbons (Fsp3) is 0.647. The smallest absolute Gasteiger partial charge is 0.0101 e. The van der Waals surface area contributed by atoms with Gasteiger partial charge in [-0.05, 0) is 49.6 Å². The van der Waals surface area contributed by atoms with Gasteiger partial charge in [0.2, 0.25) is 0 Å². The van der Waals surface area contributed by atoms with E-state index in [1.54, 1.807) is 0 Å². The Morgan fingerprint density at radius 2 is 2.00 bits per heavy atom. The van der Waals surface area contributed by atoms with Crippen LogP contribution in [0.25, 0.3) is 0 Å². The lowest BCUT2D eigenvalue weighted by Crippen LogP contribution is -2.39. The molecule has 1 heteroatoms. The molecule has 2 atom stereocenters. The van der Waals surface area contributed by atoms with E-state index >= 15 is 0 Å². The van der Waals surface area contributed by atoms with Crippen molar-refractivity contribution in [3.8, 4) is 0 Å². The van der Waals surface area contributed by atoms with Crippen molar-refractivity contribution in [1.29, 1.82) is 0 Å². The summed E-state index contributed by atoms with van der Waals surface area (Å²) in [6.07, 6.45) is 6.64. The average molecular weight is 245 g/mol. The van der Waals surface area contributed by atoms with Crippen LogP contribution in [-0.2, 0) is 6.42 Å². The fourth-order valence-corrected chi connectivity index (χ4v) is 3.61. The van der Waals surface area contributed by atoms with Crippen LogP contribution in [0.3, 0.4) is 0 Å². The molecule has 2 unspecified atom stereocenters. The molecule has 0 amide bonds.